The molecular weight excluding hydrogens is 352 g/mol. The topological polar surface area (TPSA) is 114 Å². The van der Waals surface area contributed by atoms with Crippen molar-refractivity contribution in [1.29, 1.82) is 0 Å². The number of aliphatic hydroxyl groups excluding tert-OH is 4. The van der Waals surface area contributed by atoms with Gasteiger partial charge in [-0.05, 0) is 12.5 Å². The molecule has 0 aliphatic carbocycles. The predicted molar refractivity (Wildman–Crippen MR) is 80.4 cm³/mol. The Morgan fingerprint density at radius 1 is 1.28 bits per heavy atom. The number of nitrogens with zero attached hydrogens (tertiary/aromatic N) is 2. The molecular formula is C16H23ClN2O6. The van der Waals surface area contributed by atoms with E-state index in [2.05, 4.69) is 0 Å². The van der Waals surface area contributed by atoms with E-state index in [4.69, 9.17) is 4.74 Å². The van der Waals surface area contributed by atoms with Crippen molar-refractivity contribution in [1.82, 2.24) is 4.90 Å². The van der Waals surface area contributed by atoms with Gasteiger partial charge in [0.1, 0.15) is 18.3 Å². The minimum Gasteiger partial charge on any atom is -1.00 e. The second-order valence-corrected chi connectivity index (χ2v) is 6.36. The second-order valence-electron chi connectivity index (χ2n) is 6.36. The standard InChI is InChI=1S/C16H23N2O6.ClH/c1-17-10(4-5-12(17)20)9-3-2-6-18(7-9)16-15(23)14(22)13(21)11(8-19)24-16;/h2-3,6-7,10-11,13-16,19,21-23H,4-5,8H2,1H3;1H/q+1;/p-1/t10?,11-,13-,14+,15-,16-;/m1./s1. The fourth-order valence-corrected chi connectivity index (χ4v) is 3.39. The molecule has 140 valence electrons. The Kier molecular flexibility index (Phi) is 6.36. The smallest absolute Gasteiger partial charge is 0.292 e. The molecule has 4 N–H and O–H groups in total. The number of aromatic nitrogens is 1. The third-order valence-electron chi connectivity index (χ3n) is 4.88. The quantitative estimate of drug-likeness (QED) is 0.395. The Bertz CT molecular complexity index is 616. The monoisotopic (exact) mass is 374 g/mol. The highest BCUT2D eigenvalue weighted by Gasteiger charge is 2.48. The van der Waals surface area contributed by atoms with Crippen LogP contribution in [0.25, 0.3) is 0 Å². The molecule has 6 atom stereocenters. The normalized spacial score (nSPS) is 35.6. The van der Waals surface area contributed by atoms with Gasteiger partial charge in [0.2, 0.25) is 5.91 Å². The molecule has 1 amide bonds. The van der Waals surface area contributed by atoms with Crippen molar-refractivity contribution in [2.45, 2.75) is 49.5 Å². The van der Waals surface area contributed by atoms with Gasteiger partial charge in [-0.15, -0.1) is 0 Å². The van der Waals surface area contributed by atoms with Crippen LogP contribution in [0.15, 0.2) is 24.5 Å². The van der Waals surface area contributed by atoms with E-state index in [9.17, 15) is 25.2 Å². The Balaban J connectivity index is 0.00000225. The molecule has 0 spiro atoms. The van der Waals surface area contributed by atoms with E-state index >= 15 is 0 Å². The Hall–Kier alpha value is -1.29. The number of amides is 1. The highest BCUT2D eigenvalue weighted by atomic mass is 35.5. The fourth-order valence-electron chi connectivity index (χ4n) is 3.39. The number of carbonyl (C=O) groups is 1. The van der Waals surface area contributed by atoms with Gasteiger partial charge in [0.15, 0.2) is 18.5 Å². The van der Waals surface area contributed by atoms with Crippen LogP contribution < -0.4 is 17.0 Å². The molecule has 0 bridgehead atoms. The average molecular weight is 375 g/mol. The fraction of sp³-hybridized carbons (Fsp3) is 0.625. The van der Waals surface area contributed by atoms with Gasteiger partial charge in [-0.25, -0.2) is 0 Å². The van der Waals surface area contributed by atoms with Crippen molar-refractivity contribution in [2.24, 2.45) is 0 Å². The zero-order valence-corrected chi connectivity index (χ0v) is 14.5. The SMILES string of the molecule is CN1C(=O)CCC1c1ccc[n+]([C@@H]2O[C@H](CO)[C@@H](O)[C@H](O)[C@H]2O)c1.[Cl-]. The Morgan fingerprint density at radius 3 is 2.60 bits per heavy atom. The molecule has 2 saturated heterocycles. The van der Waals surface area contributed by atoms with Crippen LogP contribution in [0, 0.1) is 0 Å². The lowest BCUT2D eigenvalue weighted by atomic mass is 9.98. The van der Waals surface area contributed by atoms with Crippen molar-refractivity contribution in [2.75, 3.05) is 13.7 Å². The molecule has 9 heteroatoms. The van der Waals surface area contributed by atoms with Crippen molar-refractivity contribution < 1.29 is 46.9 Å². The highest BCUT2D eigenvalue weighted by molar-refractivity contribution is 5.78. The zero-order chi connectivity index (χ0) is 17.4. The van der Waals surface area contributed by atoms with E-state index in [1.165, 1.54) is 0 Å². The van der Waals surface area contributed by atoms with Gasteiger partial charge in [-0.1, -0.05) is 0 Å². The lowest BCUT2D eigenvalue weighted by molar-refractivity contribution is -0.778. The molecule has 3 heterocycles. The van der Waals surface area contributed by atoms with E-state index in [0.717, 1.165) is 5.56 Å². The molecule has 2 fully saturated rings. The van der Waals surface area contributed by atoms with Crippen LogP contribution >= 0.6 is 0 Å². The maximum absolute atomic E-state index is 11.7. The van der Waals surface area contributed by atoms with E-state index in [1.807, 2.05) is 6.07 Å². The molecule has 1 aromatic heterocycles. The summed E-state index contributed by atoms with van der Waals surface area (Å²) < 4.78 is 7.15. The van der Waals surface area contributed by atoms with Gasteiger partial charge in [0.05, 0.1) is 12.6 Å². The molecule has 8 nitrogen and oxygen atoms in total. The molecule has 0 radical (unpaired) electrons. The molecule has 2 aliphatic heterocycles. The summed E-state index contributed by atoms with van der Waals surface area (Å²) >= 11 is 0. The number of rotatable bonds is 3. The van der Waals surface area contributed by atoms with Crippen molar-refractivity contribution >= 4 is 5.91 Å². The van der Waals surface area contributed by atoms with Gasteiger partial charge in [0, 0.05) is 25.1 Å². The van der Waals surface area contributed by atoms with Gasteiger partial charge < -0.3 is 42.5 Å². The summed E-state index contributed by atoms with van der Waals surface area (Å²) in [5, 5.41) is 39.3. The third-order valence-corrected chi connectivity index (χ3v) is 4.88. The minimum atomic E-state index is -1.42. The maximum atomic E-state index is 11.7. The van der Waals surface area contributed by atoms with Crippen molar-refractivity contribution in [3.63, 3.8) is 0 Å². The first kappa shape index (κ1) is 20.0. The van der Waals surface area contributed by atoms with Crippen LogP contribution in [-0.2, 0) is 9.53 Å². The summed E-state index contributed by atoms with van der Waals surface area (Å²) in [5.74, 6) is 0.0863. The molecule has 3 rings (SSSR count). The van der Waals surface area contributed by atoms with Crippen LogP contribution in [0.2, 0.25) is 0 Å². The number of halogens is 1. The van der Waals surface area contributed by atoms with Gasteiger partial charge in [-0.2, -0.15) is 4.57 Å². The molecule has 0 aromatic carbocycles. The van der Waals surface area contributed by atoms with E-state index in [-0.39, 0.29) is 24.4 Å². The summed E-state index contributed by atoms with van der Waals surface area (Å²) in [5.41, 5.74) is 0.891. The van der Waals surface area contributed by atoms with Crippen LogP contribution in [0.4, 0.5) is 0 Å². The average Bonchev–Trinajstić information content (AvgIpc) is 2.92. The summed E-state index contributed by atoms with van der Waals surface area (Å²) in [6.07, 6.45) is -1.41. The number of carbonyl (C=O) groups excluding carboxylic acids is 1. The van der Waals surface area contributed by atoms with Crippen LogP contribution in [0.3, 0.4) is 0 Å². The number of hydrogen-bond donors (Lipinski definition) is 4. The summed E-state index contributed by atoms with van der Waals surface area (Å²) in [6, 6.07) is 3.61. The second kappa shape index (κ2) is 7.94. The Morgan fingerprint density at radius 2 is 2.00 bits per heavy atom. The molecule has 0 saturated carbocycles. The number of ether oxygens (including phenoxy) is 1. The largest absolute Gasteiger partial charge is 1.00 e. The molecule has 1 unspecified atom stereocenters. The van der Waals surface area contributed by atoms with Gasteiger partial charge in [-0.3, -0.25) is 4.79 Å². The third kappa shape index (κ3) is 3.64. The molecule has 1 aromatic rings. The number of aliphatic hydroxyl groups is 4. The first-order valence-corrected chi connectivity index (χ1v) is 8.01. The predicted octanol–water partition coefficient (Wildman–Crippen LogP) is -4.76. The van der Waals surface area contributed by atoms with Gasteiger partial charge >= 0.3 is 0 Å². The number of hydrogen-bond acceptors (Lipinski definition) is 6. The Labute approximate surface area is 151 Å². The number of likely N-dealkylation sites (tertiary alicyclic amines) is 1. The summed E-state index contributed by atoms with van der Waals surface area (Å²) in [6.45, 7) is -0.471. The number of pyridine rings is 1. The van der Waals surface area contributed by atoms with E-state index in [1.54, 1.807) is 35.0 Å². The highest BCUT2D eigenvalue weighted by Crippen LogP contribution is 2.31. The summed E-state index contributed by atoms with van der Waals surface area (Å²) in [7, 11) is 1.76. The zero-order valence-electron chi connectivity index (χ0n) is 13.8. The minimum absolute atomic E-state index is 0. The lowest BCUT2D eigenvalue weighted by Crippen LogP contribution is -3.00. The lowest BCUT2D eigenvalue weighted by Gasteiger charge is -2.36. The van der Waals surface area contributed by atoms with E-state index in [0.29, 0.717) is 12.8 Å². The summed E-state index contributed by atoms with van der Waals surface area (Å²) in [4.78, 5) is 13.4. The van der Waals surface area contributed by atoms with Gasteiger partial charge in [0.25, 0.3) is 6.23 Å². The first-order chi connectivity index (χ1) is 11.4. The van der Waals surface area contributed by atoms with E-state index < -0.39 is 37.3 Å². The maximum Gasteiger partial charge on any atom is 0.292 e. The molecule has 2 aliphatic rings. The van der Waals surface area contributed by atoms with Crippen LogP contribution in [-0.4, -0.2) is 69.3 Å². The van der Waals surface area contributed by atoms with Crippen LogP contribution in [0.1, 0.15) is 30.7 Å². The van der Waals surface area contributed by atoms with Crippen molar-refractivity contribution in [3.8, 4) is 0 Å². The van der Waals surface area contributed by atoms with Crippen molar-refractivity contribution in [3.05, 3.63) is 30.1 Å². The van der Waals surface area contributed by atoms with Crippen LogP contribution in [0.5, 0.6) is 0 Å². The molecule has 25 heavy (non-hydrogen) atoms. The first-order valence-electron chi connectivity index (χ1n) is 8.01.